The third-order valence-corrected chi connectivity index (χ3v) is 2.79. The molecular formula is C11H17N3O. The van der Waals surface area contributed by atoms with Crippen LogP contribution in [0.2, 0.25) is 0 Å². The fraction of sp³-hybridized carbons (Fsp3) is 0.545. The number of anilines is 2. The number of nitrogens with two attached hydrogens (primary N) is 1. The van der Waals surface area contributed by atoms with Crippen LogP contribution in [0.25, 0.3) is 0 Å². The lowest BCUT2D eigenvalue weighted by Gasteiger charge is -2.24. The molecule has 3 N–H and O–H groups in total. The molecule has 15 heavy (non-hydrogen) atoms. The highest BCUT2D eigenvalue weighted by Crippen LogP contribution is 2.26. The second-order valence-corrected chi connectivity index (χ2v) is 4.19. The van der Waals surface area contributed by atoms with Gasteiger partial charge in [-0.25, -0.2) is 4.98 Å². The van der Waals surface area contributed by atoms with Crippen LogP contribution in [0.15, 0.2) is 18.3 Å². The van der Waals surface area contributed by atoms with E-state index in [0.717, 1.165) is 31.7 Å². The molecule has 1 aliphatic rings. The molecule has 0 spiro atoms. The third kappa shape index (κ3) is 2.39. The quantitative estimate of drug-likeness (QED) is 0.791. The summed E-state index contributed by atoms with van der Waals surface area (Å²) in [6.07, 6.45) is 3.93. The summed E-state index contributed by atoms with van der Waals surface area (Å²) in [5.74, 6) is 0.541. The van der Waals surface area contributed by atoms with E-state index >= 15 is 0 Å². The van der Waals surface area contributed by atoms with Gasteiger partial charge < -0.3 is 15.8 Å². The molecule has 1 fully saturated rings. The predicted molar refractivity (Wildman–Crippen MR) is 60.7 cm³/mol. The first-order valence-corrected chi connectivity index (χ1v) is 5.28. The molecule has 0 amide bonds. The van der Waals surface area contributed by atoms with Crippen molar-refractivity contribution in [3.8, 4) is 0 Å². The number of nitrogen functional groups attached to an aromatic ring is 1. The lowest BCUT2D eigenvalue weighted by molar-refractivity contribution is 0.0315. The topological polar surface area (TPSA) is 60.2 Å². The van der Waals surface area contributed by atoms with Crippen LogP contribution in [0, 0.1) is 0 Å². The maximum Gasteiger partial charge on any atom is 0.146 e. The molecule has 1 aromatic heterocycles. The molecule has 4 heteroatoms. The zero-order valence-electron chi connectivity index (χ0n) is 8.99. The lowest BCUT2D eigenvalue weighted by atomic mass is 10.0. The number of pyridine rings is 1. The first-order valence-electron chi connectivity index (χ1n) is 5.28. The predicted octanol–water partition coefficient (Wildman–Crippen LogP) is 1.64. The highest BCUT2D eigenvalue weighted by Gasteiger charge is 2.29. The fourth-order valence-electron chi connectivity index (χ4n) is 1.83. The number of hydrogen-bond donors (Lipinski definition) is 2. The maximum atomic E-state index is 5.73. The number of hydrogen-bond acceptors (Lipinski definition) is 4. The van der Waals surface area contributed by atoms with Crippen LogP contribution >= 0.6 is 0 Å². The molecule has 0 bridgehead atoms. The van der Waals surface area contributed by atoms with Crippen molar-refractivity contribution < 1.29 is 4.74 Å². The monoisotopic (exact) mass is 207 g/mol. The number of rotatable bonds is 3. The van der Waals surface area contributed by atoms with Crippen molar-refractivity contribution in [1.82, 2.24) is 4.98 Å². The minimum Gasteiger partial charge on any atom is -0.382 e. The molecule has 4 nitrogen and oxygen atoms in total. The average Bonchev–Trinajstić information content (AvgIpc) is 2.65. The molecule has 1 aliphatic heterocycles. The summed E-state index contributed by atoms with van der Waals surface area (Å²) >= 11 is 0. The summed E-state index contributed by atoms with van der Waals surface area (Å²) in [5, 5.41) is 3.28. The van der Waals surface area contributed by atoms with E-state index in [0.29, 0.717) is 5.82 Å². The molecule has 2 heterocycles. The summed E-state index contributed by atoms with van der Waals surface area (Å²) in [4.78, 5) is 4.02. The van der Waals surface area contributed by atoms with E-state index in [9.17, 15) is 0 Å². The maximum absolute atomic E-state index is 5.73. The van der Waals surface area contributed by atoms with Gasteiger partial charge in [0.1, 0.15) is 5.82 Å². The first-order chi connectivity index (χ1) is 7.20. The molecular weight excluding hydrogens is 190 g/mol. The summed E-state index contributed by atoms with van der Waals surface area (Å²) in [5.41, 5.74) is 6.56. The van der Waals surface area contributed by atoms with Crippen LogP contribution < -0.4 is 11.1 Å². The third-order valence-electron chi connectivity index (χ3n) is 2.79. The first kappa shape index (κ1) is 10.2. The Morgan fingerprint density at radius 1 is 1.67 bits per heavy atom. The summed E-state index contributed by atoms with van der Waals surface area (Å²) in [6, 6.07) is 3.80. The Kier molecular flexibility index (Phi) is 2.77. The average molecular weight is 207 g/mol. The molecule has 82 valence electrons. The molecule has 2 rings (SSSR count). The van der Waals surface area contributed by atoms with Gasteiger partial charge in [0.15, 0.2) is 0 Å². The molecule has 0 aliphatic carbocycles. The number of nitrogens with one attached hydrogen (secondary N) is 1. The Morgan fingerprint density at radius 3 is 3.20 bits per heavy atom. The molecule has 1 unspecified atom stereocenters. The molecule has 0 aromatic carbocycles. The van der Waals surface area contributed by atoms with Crippen molar-refractivity contribution in [3.05, 3.63) is 18.3 Å². The van der Waals surface area contributed by atoms with Crippen LogP contribution in [0.3, 0.4) is 0 Å². The van der Waals surface area contributed by atoms with Gasteiger partial charge in [0.25, 0.3) is 0 Å². The zero-order chi connectivity index (χ0) is 10.7. The fourth-order valence-corrected chi connectivity index (χ4v) is 1.83. The van der Waals surface area contributed by atoms with Crippen LogP contribution in [-0.4, -0.2) is 23.7 Å². The van der Waals surface area contributed by atoms with Gasteiger partial charge in [-0.1, -0.05) is 0 Å². The Balaban J connectivity index is 1.95. The molecule has 1 atom stereocenters. The summed E-state index contributed by atoms with van der Waals surface area (Å²) in [7, 11) is 0. The van der Waals surface area contributed by atoms with Crippen LogP contribution in [-0.2, 0) is 4.74 Å². The number of aromatic nitrogens is 1. The summed E-state index contributed by atoms with van der Waals surface area (Å²) in [6.45, 7) is 3.77. The Labute approximate surface area is 89.8 Å². The van der Waals surface area contributed by atoms with E-state index in [1.807, 2.05) is 12.1 Å². The Bertz CT molecular complexity index is 334. The Hall–Kier alpha value is -1.29. The van der Waals surface area contributed by atoms with E-state index in [1.54, 1.807) is 6.20 Å². The second kappa shape index (κ2) is 4.06. The molecule has 0 radical (unpaired) electrons. The van der Waals surface area contributed by atoms with Crippen molar-refractivity contribution >= 4 is 11.5 Å². The lowest BCUT2D eigenvalue weighted by Crippen LogP contribution is -2.32. The highest BCUT2D eigenvalue weighted by molar-refractivity contribution is 5.60. The van der Waals surface area contributed by atoms with Crippen molar-refractivity contribution in [2.45, 2.75) is 25.4 Å². The van der Waals surface area contributed by atoms with E-state index in [1.165, 1.54) is 0 Å². The summed E-state index contributed by atoms with van der Waals surface area (Å²) < 4.78 is 5.68. The molecule has 0 saturated carbocycles. The highest BCUT2D eigenvalue weighted by atomic mass is 16.5. The number of nitrogens with zero attached hydrogens (tertiary/aromatic N) is 1. The largest absolute Gasteiger partial charge is 0.382 e. The van der Waals surface area contributed by atoms with Crippen molar-refractivity contribution in [2.24, 2.45) is 0 Å². The zero-order valence-corrected chi connectivity index (χ0v) is 8.99. The van der Waals surface area contributed by atoms with Gasteiger partial charge in [-0.15, -0.1) is 0 Å². The van der Waals surface area contributed by atoms with Gasteiger partial charge in [-0.05, 0) is 31.9 Å². The van der Waals surface area contributed by atoms with Crippen molar-refractivity contribution in [2.75, 3.05) is 24.2 Å². The number of ether oxygens (including phenoxy) is 1. The van der Waals surface area contributed by atoms with E-state index < -0.39 is 0 Å². The SMILES string of the molecule is CC1(CNc2cccnc2N)CCCO1. The normalized spacial score (nSPS) is 25.4. The van der Waals surface area contributed by atoms with Gasteiger partial charge in [-0.2, -0.15) is 0 Å². The van der Waals surface area contributed by atoms with E-state index in [-0.39, 0.29) is 5.60 Å². The van der Waals surface area contributed by atoms with Crippen LogP contribution in [0.1, 0.15) is 19.8 Å². The molecule has 1 aromatic rings. The van der Waals surface area contributed by atoms with Crippen LogP contribution in [0.5, 0.6) is 0 Å². The van der Waals surface area contributed by atoms with Crippen molar-refractivity contribution in [1.29, 1.82) is 0 Å². The standard InChI is InChI=1S/C11H17N3O/c1-11(5-3-7-15-11)8-14-9-4-2-6-13-10(9)12/h2,4,6,14H,3,5,7-8H2,1H3,(H2,12,13). The van der Waals surface area contributed by atoms with Gasteiger partial charge >= 0.3 is 0 Å². The minimum atomic E-state index is -0.0533. The minimum absolute atomic E-state index is 0.0533. The molecule has 1 saturated heterocycles. The van der Waals surface area contributed by atoms with Gasteiger partial charge in [0.2, 0.25) is 0 Å². The van der Waals surface area contributed by atoms with Crippen LogP contribution in [0.4, 0.5) is 11.5 Å². The van der Waals surface area contributed by atoms with Gasteiger partial charge in [0.05, 0.1) is 11.3 Å². The Morgan fingerprint density at radius 2 is 2.53 bits per heavy atom. The smallest absolute Gasteiger partial charge is 0.146 e. The van der Waals surface area contributed by atoms with Gasteiger partial charge in [0, 0.05) is 19.3 Å². The second-order valence-electron chi connectivity index (χ2n) is 4.19. The van der Waals surface area contributed by atoms with E-state index in [2.05, 4.69) is 17.2 Å². The van der Waals surface area contributed by atoms with Gasteiger partial charge in [-0.3, -0.25) is 0 Å². The van der Waals surface area contributed by atoms with Crippen molar-refractivity contribution in [3.63, 3.8) is 0 Å². The van der Waals surface area contributed by atoms with E-state index in [4.69, 9.17) is 10.5 Å².